The summed E-state index contributed by atoms with van der Waals surface area (Å²) in [5.74, 6) is 1.88. The first-order valence-corrected chi connectivity index (χ1v) is 12.4. The molecule has 166 valence electrons. The van der Waals surface area contributed by atoms with Gasteiger partial charge in [-0.1, -0.05) is 54.0 Å². The molecule has 0 N–H and O–H groups in total. The van der Waals surface area contributed by atoms with E-state index in [-0.39, 0.29) is 16.7 Å². The van der Waals surface area contributed by atoms with E-state index in [9.17, 15) is 4.79 Å². The summed E-state index contributed by atoms with van der Waals surface area (Å²) in [5, 5.41) is 0. The van der Waals surface area contributed by atoms with E-state index < -0.39 is 5.79 Å². The van der Waals surface area contributed by atoms with Gasteiger partial charge >= 0.3 is 0 Å². The van der Waals surface area contributed by atoms with Gasteiger partial charge in [0, 0.05) is 17.8 Å². The number of ether oxygens (including phenoxy) is 2. The molecule has 1 heterocycles. The van der Waals surface area contributed by atoms with E-state index in [2.05, 4.69) is 26.8 Å². The monoisotopic (exact) mass is 404 g/mol. The van der Waals surface area contributed by atoms with Crippen LogP contribution < -0.4 is 0 Å². The summed E-state index contributed by atoms with van der Waals surface area (Å²) < 4.78 is 12.4. The predicted molar refractivity (Wildman–Crippen MR) is 119 cm³/mol. The van der Waals surface area contributed by atoms with Gasteiger partial charge in [0.15, 0.2) is 11.6 Å². The Morgan fingerprint density at radius 2 is 1.52 bits per heavy atom. The number of hydrogen-bond donors (Lipinski definition) is 0. The summed E-state index contributed by atoms with van der Waals surface area (Å²) in [6.07, 6.45) is 10.1. The molecule has 0 amide bonds. The first kappa shape index (κ1) is 23.0. The van der Waals surface area contributed by atoms with Crippen LogP contribution >= 0.6 is 0 Å². The third kappa shape index (κ3) is 3.26. The molecule has 3 nitrogen and oxygen atoms in total. The number of hydrogen-bond acceptors (Lipinski definition) is 3. The fraction of sp³-hybridized carbons (Fsp3) is 0.885. The molecule has 5 rings (SSSR count). The highest BCUT2D eigenvalue weighted by molar-refractivity contribution is 5.94. The average molecular weight is 405 g/mol. The summed E-state index contributed by atoms with van der Waals surface area (Å²) in [6, 6.07) is 0. The molecule has 1 saturated heterocycles. The van der Waals surface area contributed by atoms with Crippen molar-refractivity contribution in [2.75, 3.05) is 13.2 Å². The maximum absolute atomic E-state index is 13.3. The van der Waals surface area contributed by atoms with Gasteiger partial charge in [-0.3, -0.25) is 4.79 Å². The minimum Gasteiger partial charge on any atom is -0.347 e. The van der Waals surface area contributed by atoms with Crippen molar-refractivity contribution < 1.29 is 14.3 Å². The van der Waals surface area contributed by atoms with Crippen LogP contribution in [-0.4, -0.2) is 24.8 Å². The number of rotatable bonds is 0. The lowest BCUT2D eigenvalue weighted by Crippen LogP contribution is -2.56. The van der Waals surface area contributed by atoms with Crippen molar-refractivity contribution in [2.24, 2.45) is 34.5 Å². The first-order chi connectivity index (χ1) is 13.9. The van der Waals surface area contributed by atoms with Crippen molar-refractivity contribution in [2.45, 2.75) is 99.2 Å². The highest BCUT2D eigenvalue weighted by atomic mass is 16.7. The van der Waals surface area contributed by atoms with Crippen molar-refractivity contribution in [1.82, 2.24) is 0 Å². The molecule has 3 heteroatoms. The van der Waals surface area contributed by atoms with Crippen LogP contribution in [0.15, 0.2) is 11.6 Å². The lowest BCUT2D eigenvalue weighted by Gasteiger charge is -2.58. The molecule has 6 unspecified atom stereocenters. The van der Waals surface area contributed by atoms with E-state index in [1.165, 1.54) is 18.4 Å². The molecule has 0 bridgehead atoms. The Balaban J connectivity index is 0.000000568. The maximum atomic E-state index is 13.3. The summed E-state index contributed by atoms with van der Waals surface area (Å²) in [6.45, 7) is 16.6. The van der Waals surface area contributed by atoms with E-state index in [0.717, 1.165) is 38.0 Å². The van der Waals surface area contributed by atoms with E-state index >= 15 is 0 Å². The molecular weight excluding hydrogens is 360 g/mol. The maximum Gasteiger partial charge on any atom is 0.174 e. The first-order valence-electron chi connectivity index (χ1n) is 12.4. The smallest absolute Gasteiger partial charge is 0.174 e. The van der Waals surface area contributed by atoms with Crippen LogP contribution in [0.1, 0.15) is 93.4 Å². The van der Waals surface area contributed by atoms with Gasteiger partial charge in [0.1, 0.15) is 0 Å². The second kappa shape index (κ2) is 8.46. The zero-order valence-corrected chi connectivity index (χ0v) is 20.0. The van der Waals surface area contributed by atoms with Crippen molar-refractivity contribution in [3.63, 3.8) is 0 Å². The quantitative estimate of drug-likeness (QED) is 0.458. The second-order valence-corrected chi connectivity index (χ2v) is 10.0. The highest BCUT2D eigenvalue weighted by Crippen LogP contribution is 2.68. The summed E-state index contributed by atoms with van der Waals surface area (Å²) in [4.78, 5) is 13.3. The molecule has 6 atom stereocenters. The van der Waals surface area contributed by atoms with Gasteiger partial charge in [-0.2, -0.15) is 0 Å². The normalized spacial score (nSPS) is 44.4. The SMILES string of the molecule is CC.CC.CC1CCC2(C)C(=CC(=O)C3C2CCC2(C)C3CCC23OCCO3)C1. The zero-order valence-electron chi connectivity index (χ0n) is 20.0. The molecule has 1 spiro atoms. The number of carbonyl (C=O) groups excluding carboxylic acids is 1. The Kier molecular flexibility index (Phi) is 6.71. The molecule has 3 saturated carbocycles. The molecular formula is C26H44O3. The average Bonchev–Trinajstić information content (AvgIpc) is 3.33. The fourth-order valence-electron chi connectivity index (χ4n) is 7.47. The number of allylic oxidation sites excluding steroid dienone is 2. The van der Waals surface area contributed by atoms with Crippen LogP contribution in [0.3, 0.4) is 0 Å². The number of fused-ring (bicyclic) bond motifs is 6. The highest BCUT2D eigenvalue weighted by Gasteiger charge is 2.67. The molecule has 0 radical (unpaired) electrons. The van der Waals surface area contributed by atoms with Crippen LogP contribution in [0.2, 0.25) is 0 Å². The minimum atomic E-state index is -0.408. The van der Waals surface area contributed by atoms with Crippen LogP contribution in [0.5, 0.6) is 0 Å². The standard InChI is InChI=1S/C22H32O3.2C2H6/c1-14-4-7-20(2)15(12-14)13-18(23)19-16(20)5-8-21(3)17(19)6-9-22(21)24-10-11-25-22;2*1-2/h13-14,16-17,19H,4-12H2,1-3H3;2*1-2H3. The minimum absolute atomic E-state index is 0.00396. The lowest BCUT2D eigenvalue weighted by molar-refractivity contribution is -0.240. The second-order valence-electron chi connectivity index (χ2n) is 10.0. The largest absolute Gasteiger partial charge is 0.347 e. The van der Waals surface area contributed by atoms with E-state index in [1.807, 2.05) is 27.7 Å². The van der Waals surface area contributed by atoms with Crippen LogP contribution in [0.25, 0.3) is 0 Å². The molecule has 1 aliphatic heterocycles. The Bertz CT molecular complexity index is 632. The molecule has 0 aromatic heterocycles. The third-order valence-electron chi connectivity index (χ3n) is 8.99. The number of carbonyl (C=O) groups is 1. The van der Waals surface area contributed by atoms with Crippen LogP contribution in [0, 0.1) is 34.5 Å². The fourth-order valence-corrected chi connectivity index (χ4v) is 7.47. The molecule has 4 fully saturated rings. The summed E-state index contributed by atoms with van der Waals surface area (Å²) >= 11 is 0. The van der Waals surface area contributed by atoms with Crippen molar-refractivity contribution in [3.8, 4) is 0 Å². The van der Waals surface area contributed by atoms with Crippen LogP contribution in [0.4, 0.5) is 0 Å². The van der Waals surface area contributed by atoms with Crippen LogP contribution in [-0.2, 0) is 14.3 Å². The number of ketones is 1. The van der Waals surface area contributed by atoms with Crippen molar-refractivity contribution in [1.29, 1.82) is 0 Å². The lowest BCUT2D eigenvalue weighted by atomic mass is 9.47. The van der Waals surface area contributed by atoms with Gasteiger partial charge in [0.25, 0.3) is 0 Å². The predicted octanol–water partition coefficient (Wildman–Crippen LogP) is 6.56. The summed E-state index contributed by atoms with van der Waals surface area (Å²) in [7, 11) is 0. The van der Waals surface area contributed by atoms with E-state index in [4.69, 9.17) is 9.47 Å². The third-order valence-corrected chi connectivity index (χ3v) is 8.99. The van der Waals surface area contributed by atoms with Crippen molar-refractivity contribution in [3.05, 3.63) is 11.6 Å². The Labute approximate surface area is 179 Å². The molecule has 29 heavy (non-hydrogen) atoms. The molecule has 4 aliphatic carbocycles. The molecule has 5 aliphatic rings. The zero-order chi connectivity index (χ0) is 21.4. The molecule has 0 aromatic carbocycles. The van der Waals surface area contributed by atoms with Gasteiger partial charge in [-0.05, 0) is 67.8 Å². The van der Waals surface area contributed by atoms with Crippen molar-refractivity contribution >= 4 is 5.78 Å². The molecule has 0 aromatic rings. The van der Waals surface area contributed by atoms with Gasteiger partial charge in [-0.25, -0.2) is 0 Å². The Morgan fingerprint density at radius 3 is 2.17 bits per heavy atom. The van der Waals surface area contributed by atoms with E-state index in [0.29, 0.717) is 30.8 Å². The van der Waals surface area contributed by atoms with Gasteiger partial charge < -0.3 is 9.47 Å². The van der Waals surface area contributed by atoms with Gasteiger partial charge in [0.05, 0.1) is 13.2 Å². The van der Waals surface area contributed by atoms with Gasteiger partial charge in [-0.15, -0.1) is 0 Å². The summed E-state index contributed by atoms with van der Waals surface area (Å²) in [5.41, 5.74) is 1.71. The van der Waals surface area contributed by atoms with Gasteiger partial charge in [0.2, 0.25) is 0 Å². The van der Waals surface area contributed by atoms with E-state index in [1.54, 1.807) is 0 Å². The Hall–Kier alpha value is -0.670. The topological polar surface area (TPSA) is 35.5 Å². The Morgan fingerprint density at radius 1 is 0.897 bits per heavy atom.